The van der Waals surface area contributed by atoms with Crippen molar-refractivity contribution in [1.29, 1.82) is 0 Å². The highest BCUT2D eigenvalue weighted by atomic mass is 16.3. The Morgan fingerprint density at radius 1 is 1.19 bits per heavy atom. The van der Waals surface area contributed by atoms with Crippen LogP contribution in [0.2, 0.25) is 0 Å². The van der Waals surface area contributed by atoms with Gasteiger partial charge in [0, 0.05) is 30.9 Å². The smallest absolute Gasteiger partial charge is 0.244 e. The predicted octanol–water partition coefficient (Wildman–Crippen LogP) is 2.33. The Morgan fingerprint density at radius 2 is 1.90 bits per heavy atom. The van der Waals surface area contributed by atoms with Crippen LogP contribution in [0.15, 0.2) is 24.3 Å². The van der Waals surface area contributed by atoms with Crippen LogP contribution in [0.1, 0.15) is 44.3 Å². The van der Waals surface area contributed by atoms with Crippen molar-refractivity contribution in [2.75, 3.05) is 24.5 Å². The molecule has 3 rings (SSSR count). The number of fused-ring (bicyclic) bond motifs is 1. The van der Waals surface area contributed by atoms with E-state index in [0.717, 1.165) is 43.7 Å². The highest BCUT2D eigenvalue weighted by Gasteiger charge is 2.31. The molecule has 2 aliphatic heterocycles. The zero-order valence-corrected chi connectivity index (χ0v) is 12.7. The molecule has 4 heteroatoms. The summed E-state index contributed by atoms with van der Waals surface area (Å²) < 4.78 is 0. The van der Waals surface area contributed by atoms with Gasteiger partial charge in [-0.25, -0.2) is 0 Å². The fraction of sp³-hybridized carbons (Fsp3) is 0.588. The van der Waals surface area contributed by atoms with Gasteiger partial charge in [0.15, 0.2) is 0 Å². The first-order chi connectivity index (χ1) is 10.2. The minimum atomic E-state index is -0.408. The Balaban J connectivity index is 1.80. The van der Waals surface area contributed by atoms with Gasteiger partial charge in [-0.1, -0.05) is 18.2 Å². The summed E-state index contributed by atoms with van der Waals surface area (Å²) in [4.78, 5) is 16.9. The van der Waals surface area contributed by atoms with Crippen molar-refractivity contribution in [2.45, 2.75) is 44.8 Å². The van der Waals surface area contributed by atoms with E-state index in [0.29, 0.717) is 6.42 Å². The number of amides is 1. The average Bonchev–Trinajstić information content (AvgIpc) is 2.55. The Kier molecular flexibility index (Phi) is 4.15. The third kappa shape index (κ3) is 2.77. The molecule has 114 valence electrons. The number of piperidine rings is 1. The van der Waals surface area contributed by atoms with E-state index < -0.39 is 6.10 Å². The summed E-state index contributed by atoms with van der Waals surface area (Å²) in [5.74, 6) is 0.223. The molecule has 0 aromatic heterocycles. The molecule has 2 atom stereocenters. The number of aliphatic hydroxyl groups is 1. The lowest BCUT2D eigenvalue weighted by molar-refractivity contribution is -0.133. The van der Waals surface area contributed by atoms with E-state index in [9.17, 15) is 9.90 Å². The number of hydrogen-bond acceptors (Lipinski definition) is 3. The van der Waals surface area contributed by atoms with Crippen LogP contribution in [0.3, 0.4) is 0 Å². The van der Waals surface area contributed by atoms with E-state index in [1.807, 2.05) is 36.1 Å². The molecule has 2 heterocycles. The van der Waals surface area contributed by atoms with E-state index in [1.165, 1.54) is 6.42 Å². The minimum absolute atomic E-state index is 0.156. The lowest BCUT2D eigenvalue weighted by Gasteiger charge is -2.39. The molecule has 21 heavy (non-hydrogen) atoms. The molecule has 0 aliphatic carbocycles. The van der Waals surface area contributed by atoms with Gasteiger partial charge in [-0.2, -0.15) is 0 Å². The number of aliphatic hydroxyl groups excluding tert-OH is 1. The monoisotopic (exact) mass is 288 g/mol. The molecule has 1 aromatic carbocycles. The Labute approximate surface area is 126 Å². The van der Waals surface area contributed by atoms with Crippen molar-refractivity contribution in [3.05, 3.63) is 29.8 Å². The summed E-state index contributed by atoms with van der Waals surface area (Å²) in [5, 5.41) is 10.1. The Morgan fingerprint density at radius 3 is 2.67 bits per heavy atom. The van der Waals surface area contributed by atoms with Crippen LogP contribution in [-0.2, 0) is 4.79 Å². The largest absolute Gasteiger partial charge is 0.388 e. The van der Waals surface area contributed by atoms with Crippen molar-refractivity contribution in [3.8, 4) is 0 Å². The summed E-state index contributed by atoms with van der Waals surface area (Å²) in [6, 6.07) is 7.74. The standard InChI is InChI=1S/C17H24N2O2/c1-13(17(21)18-10-5-2-6-11-18)19-12-9-16(20)14-7-3-4-8-15(14)19/h3-4,7-8,13,16,20H,2,5-6,9-12H2,1H3. The van der Waals surface area contributed by atoms with Crippen LogP contribution >= 0.6 is 0 Å². The maximum absolute atomic E-state index is 12.7. The zero-order valence-electron chi connectivity index (χ0n) is 12.7. The fourth-order valence-corrected chi connectivity index (χ4v) is 3.48. The van der Waals surface area contributed by atoms with Gasteiger partial charge in [0.2, 0.25) is 5.91 Å². The number of rotatable bonds is 2. The zero-order chi connectivity index (χ0) is 14.8. The SMILES string of the molecule is CC(C(=O)N1CCCCC1)N1CCC(O)c2ccccc21. The first kappa shape index (κ1) is 14.4. The van der Waals surface area contributed by atoms with Gasteiger partial charge in [0.25, 0.3) is 0 Å². The highest BCUT2D eigenvalue weighted by molar-refractivity contribution is 5.85. The molecular formula is C17H24N2O2. The van der Waals surface area contributed by atoms with E-state index in [1.54, 1.807) is 0 Å². The normalized spacial score (nSPS) is 23.6. The maximum atomic E-state index is 12.7. The van der Waals surface area contributed by atoms with Crippen LogP contribution in [0.25, 0.3) is 0 Å². The summed E-state index contributed by atoms with van der Waals surface area (Å²) in [7, 11) is 0. The lowest BCUT2D eigenvalue weighted by Crippen LogP contribution is -2.50. The van der Waals surface area contributed by atoms with Gasteiger partial charge in [-0.15, -0.1) is 0 Å². The van der Waals surface area contributed by atoms with Crippen LogP contribution in [-0.4, -0.2) is 41.6 Å². The predicted molar refractivity (Wildman–Crippen MR) is 83.3 cm³/mol. The molecule has 1 fully saturated rings. The van der Waals surface area contributed by atoms with E-state index >= 15 is 0 Å². The molecule has 2 unspecified atom stereocenters. The second-order valence-corrected chi connectivity index (χ2v) is 6.12. The molecule has 0 spiro atoms. The quantitative estimate of drug-likeness (QED) is 0.908. The van der Waals surface area contributed by atoms with Crippen LogP contribution in [0, 0.1) is 0 Å². The summed E-state index contributed by atoms with van der Waals surface area (Å²) in [6.45, 7) is 4.51. The van der Waals surface area contributed by atoms with E-state index in [-0.39, 0.29) is 11.9 Å². The maximum Gasteiger partial charge on any atom is 0.244 e. The first-order valence-electron chi connectivity index (χ1n) is 8.01. The molecule has 1 N–H and O–H groups in total. The van der Waals surface area contributed by atoms with E-state index in [2.05, 4.69) is 4.90 Å². The first-order valence-corrected chi connectivity index (χ1v) is 8.01. The molecule has 0 radical (unpaired) electrons. The topological polar surface area (TPSA) is 43.8 Å². The van der Waals surface area contributed by atoms with Gasteiger partial charge < -0.3 is 14.9 Å². The number of carbonyl (C=O) groups is 1. The van der Waals surface area contributed by atoms with Gasteiger partial charge in [0.05, 0.1) is 6.10 Å². The molecular weight excluding hydrogens is 264 g/mol. The summed E-state index contributed by atoms with van der Waals surface area (Å²) >= 11 is 0. The molecule has 1 saturated heterocycles. The average molecular weight is 288 g/mol. The van der Waals surface area contributed by atoms with Crippen molar-refractivity contribution >= 4 is 11.6 Å². The Bertz CT molecular complexity index is 511. The molecule has 0 saturated carbocycles. The number of anilines is 1. The number of benzene rings is 1. The number of carbonyl (C=O) groups excluding carboxylic acids is 1. The van der Waals surface area contributed by atoms with Gasteiger partial charge in [-0.3, -0.25) is 4.79 Å². The molecule has 4 nitrogen and oxygen atoms in total. The van der Waals surface area contributed by atoms with Crippen molar-refractivity contribution in [3.63, 3.8) is 0 Å². The molecule has 2 aliphatic rings. The second kappa shape index (κ2) is 6.06. The number of nitrogens with zero attached hydrogens (tertiary/aromatic N) is 2. The summed E-state index contributed by atoms with van der Waals surface area (Å²) in [5.41, 5.74) is 1.95. The summed E-state index contributed by atoms with van der Waals surface area (Å²) in [6.07, 6.45) is 3.75. The van der Waals surface area contributed by atoms with Crippen molar-refractivity contribution in [1.82, 2.24) is 4.90 Å². The molecule has 1 amide bonds. The van der Waals surface area contributed by atoms with Crippen LogP contribution in [0.5, 0.6) is 0 Å². The number of para-hydroxylation sites is 1. The third-order valence-corrected chi connectivity index (χ3v) is 4.74. The fourth-order valence-electron chi connectivity index (χ4n) is 3.48. The van der Waals surface area contributed by atoms with Crippen molar-refractivity contribution in [2.24, 2.45) is 0 Å². The molecule has 0 bridgehead atoms. The second-order valence-electron chi connectivity index (χ2n) is 6.12. The number of hydrogen-bond donors (Lipinski definition) is 1. The van der Waals surface area contributed by atoms with Crippen LogP contribution in [0.4, 0.5) is 5.69 Å². The van der Waals surface area contributed by atoms with Crippen LogP contribution < -0.4 is 4.90 Å². The molecule has 1 aromatic rings. The van der Waals surface area contributed by atoms with Gasteiger partial charge in [0.1, 0.15) is 6.04 Å². The Hall–Kier alpha value is -1.55. The minimum Gasteiger partial charge on any atom is -0.388 e. The third-order valence-electron chi connectivity index (χ3n) is 4.74. The number of likely N-dealkylation sites (tertiary alicyclic amines) is 1. The van der Waals surface area contributed by atoms with Gasteiger partial charge in [-0.05, 0) is 38.7 Å². The lowest BCUT2D eigenvalue weighted by atomic mass is 9.97. The van der Waals surface area contributed by atoms with Crippen molar-refractivity contribution < 1.29 is 9.90 Å². The van der Waals surface area contributed by atoms with E-state index in [4.69, 9.17) is 0 Å². The van der Waals surface area contributed by atoms with Gasteiger partial charge >= 0.3 is 0 Å². The highest BCUT2D eigenvalue weighted by Crippen LogP contribution is 2.34.